The van der Waals surface area contributed by atoms with Crippen LogP contribution in [0.15, 0.2) is 17.0 Å². The Morgan fingerprint density at radius 3 is 1.95 bits per heavy atom. The molecular weight excluding hydrogens is 288 g/mol. The number of esters is 1. The van der Waals surface area contributed by atoms with Gasteiger partial charge in [-0.2, -0.15) is 0 Å². The van der Waals surface area contributed by atoms with Crippen molar-refractivity contribution in [2.75, 3.05) is 28.4 Å². The van der Waals surface area contributed by atoms with Crippen molar-refractivity contribution in [1.29, 1.82) is 0 Å². The first-order valence-electron chi connectivity index (χ1n) is 5.17. The Morgan fingerprint density at radius 2 is 1.58 bits per heavy atom. The fourth-order valence-electron chi connectivity index (χ4n) is 1.34. The molecule has 0 aliphatic rings. The highest BCUT2D eigenvalue weighted by molar-refractivity contribution is 8.22. The lowest BCUT2D eigenvalue weighted by molar-refractivity contribution is 0.0599. The Hall–Kier alpha value is -1.47. The summed E-state index contributed by atoms with van der Waals surface area (Å²) in [5.41, 5.74) is 0.337. The Kier molecular flexibility index (Phi) is 5.91. The molecule has 1 aromatic carbocycles. The van der Waals surface area contributed by atoms with Crippen molar-refractivity contribution >= 4 is 34.3 Å². The lowest BCUT2D eigenvalue weighted by Gasteiger charge is -2.14. The fourth-order valence-corrected chi connectivity index (χ4v) is 2.33. The molecule has 0 amide bonds. The second kappa shape index (κ2) is 7.20. The summed E-state index contributed by atoms with van der Waals surface area (Å²) < 4.78 is 20.4. The molecule has 0 saturated heterocycles. The van der Waals surface area contributed by atoms with Crippen LogP contribution in [-0.4, -0.2) is 38.8 Å². The van der Waals surface area contributed by atoms with E-state index in [-0.39, 0.29) is 0 Å². The van der Waals surface area contributed by atoms with Gasteiger partial charge in [0.25, 0.3) is 0 Å². The van der Waals surface area contributed by atoms with E-state index in [9.17, 15) is 4.79 Å². The zero-order valence-corrected chi connectivity index (χ0v) is 12.6. The highest BCUT2D eigenvalue weighted by atomic mass is 32.2. The third-order valence-electron chi connectivity index (χ3n) is 2.23. The van der Waals surface area contributed by atoms with Gasteiger partial charge in [0.1, 0.15) is 16.4 Å². The molecule has 0 N–H and O–H groups in total. The second-order valence-electron chi connectivity index (χ2n) is 3.26. The van der Waals surface area contributed by atoms with E-state index >= 15 is 0 Å². The molecule has 0 aromatic heterocycles. The number of thiocarbonyl (C=S) groups is 1. The minimum Gasteiger partial charge on any atom is -0.495 e. The molecular formula is C12H14O5S2. The number of benzene rings is 1. The molecule has 0 bridgehead atoms. The first kappa shape index (κ1) is 15.6. The summed E-state index contributed by atoms with van der Waals surface area (Å²) in [6.45, 7) is 0. The molecule has 0 spiro atoms. The molecule has 0 atom stereocenters. The van der Waals surface area contributed by atoms with Crippen molar-refractivity contribution in [2.45, 2.75) is 4.90 Å². The largest absolute Gasteiger partial charge is 0.495 e. The van der Waals surface area contributed by atoms with Gasteiger partial charge in [-0.3, -0.25) is 0 Å². The predicted octanol–water partition coefficient (Wildman–Crippen LogP) is 2.51. The van der Waals surface area contributed by atoms with Crippen molar-refractivity contribution < 1.29 is 23.7 Å². The standard InChI is InChI=1S/C12H14O5S2/c1-14-8-5-7(11(13)16-3)6-9(15-2)10(8)19-12(18)17-4/h5-6H,1-4H3. The van der Waals surface area contributed by atoms with Crippen molar-refractivity contribution in [1.82, 2.24) is 0 Å². The lowest BCUT2D eigenvalue weighted by atomic mass is 10.2. The molecule has 5 nitrogen and oxygen atoms in total. The number of carbonyl (C=O) groups is 1. The van der Waals surface area contributed by atoms with Gasteiger partial charge >= 0.3 is 5.97 Å². The van der Waals surface area contributed by atoms with Gasteiger partial charge in [-0.1, -0.05) is 0 Å². The van der Waals surface area contributed by atoms with Gasteiger partial charge in [0, 0.05) is 0 Å². The summed E-state index contributed by atoms with van der Waals surface area (Å²) in [6, 6.07) is 3.13. The molecule has 0 unspecified atom stereocenters. The van der Waals surface area contributed by atoms with Crippen molar-refractivity contribution in [3.05, 3.63) is 17.7 Å². The number of carbonyl (C=O) groups excluding carboxylic acids is 1. The number of thioether (sulfide) groups is 1. The van der Waals surface area contributed by atoms with E-state index in [1.807, 2.05) is 0 Å². The van der Waals surface area contributed by atoms with E-state index < -0.39 is 5.97 Å². The van der Waals surface area contributed by atoms with Crippen LogP contribution in [0.1, 0.15) is 10.4 Å². The molecule has 0 heterocycles. The Morgan fingerprint density at radius 1 is 1.05 bits per heavy atom. The minimum absolute atomic E-state index is 0.322. The summed E-state index contributed by atoms with van der Waals surface area (Å²) in [5.74, 6) is 0.454. The fraction of sp³-hybridized carbons (Fsp3) is 0.333. The smallest absolute Gasteiger partial charge is 0.338 e. The van der Waals surface area contributed by atoms with Gasteiger partial charge in [0.05, 0.1) is 34.0 Å². The van der Waals surface area contributed by atoms with Crippen LogP contribution >= 0.6 is 24.0 Å². The molecule has 0 saturated carbocycles. The first-order valence-corrected chi connectivity index (χ1v) is 6.40. The van der Waals surface area contributed by atoms with Crippen LogP contribution in [0.5, 0.6) is 11.5 Å². The summed E-state index contributed by atoms with van der Waals surface area (Å²) in [4.78, 5) is 12.2. The minimum atomic E-state index is -0.470. The van der Waals surface area contributed by atoms with E-state index in [1.54, 1.807) is 12.1 Å². The van der Waals surface area contributed by atoms with Crippen LogP contribution in [-0.2, 0) is 9.47 Å². The summed E-state index contributed by atoms with van der Waals surface area (Å²) in [6.07, 6.45) is 0. The number of ether oxygens (including phenoxy) is 4. The first-order chi connectivity index (χ1) is 9.07. The van der Waals surface area contributed by atoms with Gasteiger partial charge in [0.2, 0.25) is 4.38 Å². The van der Waals surface area contributed by atoms with E-state index in [1.165, 1.54) is 40.2 Å². The molecule has 1 aromatic rings. The molecule has 0 aliphatic heterocycles. The number of hydrogen-bond donors (Lipinski definition) is 0. The van der Waals surface area contributed by atoms with Gasteiger partial charge in [-0.25, -0.2) is 4.79 Å². The number of methoxy groups -OCH3 is 4. The van der Waals surface area contributed by atoms with Gasteiger partial charge in [0.15, 0.2) is 0 Å². The average Bonchev–Trinajstić information content (AvgIpc) is 2.45. The Balaban J connectivity index is 3.29. The third kappa shape index (κ3) is 3.74. The highest BCUT2D eigenvalue weighted by Crippen LogP contribution is 2.39. The van der Waals surface area contributed by atoms with Crippen molar-refractivity contribution in [2.24, 2.45) is 0 Å². The van der Waals surface area contributed by atoms with E-state index in [2.05, 4.69) is 4.74 Å². The van der Waals surface area contributed by atoms with Crippen LogP contribution in [0.4, 0.5) is 0 Å². The quantitative estimate of drug-likeness (QED) is 0.481. The summed E-state index contributed by atoms with van der Waals surface area (Å²) >= 11 is 6.18. The molecule has 7 heteroatoms. The maximum absolute atomic E-state index is 11.5. The predicted molar refractivity (Wildman–Crippen MR) is 76.3 cm³/mol. The SMILES string of the molecule is COC(=O)c1cc(OC)c(SC(=S)OC)c(OC)c1. The zero-order valence-electron chi connectivity index (χ0n) is 11.0. The second-order valence-corrected chi connectivity index (χ2v) is 4.87. The number of hydrogen-bond acceptors (Lipinski definition) is 7. The van der Waals surface area contributed by atoms with Crippen LogP contribution in [0.2, 0.25) is 0 Å². The topological polar surface area (TPSA) is 54.0 Å². The molecule has 0 radical (unpaired) electrons. The van der Waals surface area contributed by atoms with Crippen molar-refractivity contribution in [3.8, 4) is 11.5 Å². The van der Waals surface area contributed by atoms with E-state index in [0.29, 0.717) is 26.3 Å². The van der Waals surface area contributed by atoms with Crippen LogP contribution in [0, 0.1) is 0 Å². The summed E-state index contributed by atoms with van der Waals surface area (Å²) in [7, 11) is 5.78. The van der Waals surface area contributed by atoms with Crippen LogP contribution in [0.3, 0.4) is 0 Å². The van der Waals surface area contributed by atoms with Crippen molar-refractivity contribution in [3.63, 3.8) is 0 Å². The molecule has 19 heavy (non-hydrogen) atoms. The molecule has 104 valence electrons. The van der Waals surface area contributed by atoms with Crippen LogP contribution in [0.25, 0.3) is 0 Å². The Labute approximate surface area is 121 Å². The van der Waals surface area contributed by atoms with E-state index in [0.717, 1.165) is 0 Å². The summed E-state index contributed by atoms with van der Waals surface area (Å²) in [5, 5.41) is 0. The van der Waals surface area contributed by atoms with Crippen LogP contribution < -0.4 is 9.47 Å². The van der Waals surface area contributed by atoms with Gasteiger partial charge < -0.3 is 18.9 Å². The lowest BCUT2D eigenvalue weighted by Crippen LogP contribution is -2.04. The third-order valence-corrected chi connectivity index (χ3v) is 3.59. The van der Waals surface area contributed by atoms with Gasteiger partial charge in [-0.15, -0.1) is 0 Å². The normalized spacial score (nSPS) is 9.68. The zero-order chi connectivity index (χ0) is 14.4. The molecule has 0 aliphatic carbocycles. The maximum Gasteiger partial charge on any atom is 0.338 e. The highest BCUT2D eigenvalue weighted by Gasteiger charge is 2.18. The monoisotopic (exact) mass is 302 g/mol. The maximum atomic E-state index is 11.5. The van der Waals surface area contributed by atoms with Gasteiger partial charge in [-0.05, 0) is 36.1 Å². The number of rotatable bonds is 4. The van der Waals surface area contributed by atoms with E-state index in [4.69, 9.17) is 26.4 Å². The average molecular weight is 302 g/mol. The Bertz CT molecular complexity index is 462. The molecule has 0 fully saturated rings. The molecule has 1 rings (SSSR count).